The van der Waals surface area contributed by atoms with Crippen LogP contribution in [-0.4, -0.2) is 32.2 Å². The van der Waals surface area contributed by atoms with Gasteiger partial charge in [-0.15, -0.1) is 0 Å². The van der Waals surface area contributed by atoms with Gasteiger partial charge in [-0.1, -0.05) is 18.2 Å². The van der Waals surface area contributed by atoms with E-state index in [4.69, 9.17) is 9.47 Å². The lowest BCUT2D eigenvalue weighted by atomic mass is 10.0. The van der Waals surface area contributed by atoms with Crippen LogP contribution in [0.3, 0.4) is 0 Å². The molecule has 3 N–H and O–H groups in total. The molecule has 0 fully saturated rings. The Morgan fingerprint density at radius 1 is 1.02 bits per heavy atom. The summed E-state index contributed by atoms with van der Waals surface area (Å²) in [5.74, 6) is -1.22. The first-order valence-corrected chi connectivity index (χ1v) is 14.9. The number of aliphatic hydroxyl groups is 1. The highest BCUT2D eigenvalue weighted by Gasteiger charge is 2.19. The molecule has 3 aromatic heterocycles. The molecule has 1 unspecified atom stereocenters. The summed E-state index contributed by atoms with van der Waals surface area (Å²) < 4.78 is 41.7. The molecule has 6 rings (SSSR count). The van der Waals surface area contributed by atoms with Gasteiger partial charge in [-0.2, -0.15) is 0 Å². The number of H-pyrrole nitrogens is 1. The highest BCUT2D eigenvalue weighted by atomic mass is 19.1. The number of anilines is 1. The summed E-state index contributed by atoms with van der Waals surface area (Å²) in [6, 6.07) is 20.0. The van der Waals surface area contributed by atoms with Crippen LogP contribution in [-0.2, 0) is 11.2 Å². The lowest BCUT2D eigenvalue weighted by Crippen LogP contribution is -2.26. The van der Waals surface area contributed by atoms with Gasteiger partial charge in [-0.3, -0.25) is 14.2 Å². The van der Waals surface area contributed by atoms with Crippen molar-refractivity contribution in [2.24, 2.45) is 0 Å². The number of amides is 1. The van der Waals surface area contributed by atoms with E-state index in [2.05, 4.69) is 15.3 Å². The van der Waals surface area contributed by atoms with Gasteiger partial charge in [-0.05, 0) is 79.6 Å². The molecule has 47 heavy (non-hydrogen) atoms. The molecule has 0 radical (unpaired) electrons. The third kappa shape index (κ3) is 6.61. The minimum Gasteiger partial charge on any atom is -0.493 e. The number of rotatable bonds is 10. The van der Waals surface area contributed by atoms with Crippen molar-refractivity contribution in [3.8, 4) is 34.1 Å². The molecular weight excluding hydrogens is 606 g/mol. The van der Waals surface area contributed by atoms with Crippen LogP contribution in [0.4, 0.5) is 14.5 Å². The number of pyridine rings is 2. The maximum absolute atomic E-state index is 15.4. The van der Waals surface area contributed by atoms with Gasteiger partial charge in [0.2, 0.25) is 5.91 Å². The second-order valence-electron chi connectivity index (χ2n) is 10.8. The van der Waals surface area contributed by atoms with Crippen LogP contribution in [0.15, 0.2) is 102 Å². The Morgan fingerprint density at radius 2 is 1.83 bits per heavy atom. The van der Waals surface area contributed by atoms with Crippen LogP contribution in [0.5, 0.6) is 17.2 Å². The fourth-order valence-electron chi connectivity index (χ4n) is 5.27. The van der Waals surface area contributed by atoms with Gasteiger partial charge in [0.15, 0.2) is 11.6 Å². The van der Waals surface area contributed by atoms with Crippen LogP contribution in [0.2, 0.25) is 0 Å². The van der Waals surface area contributed by atoms with Gasteiger partial charge in [0.25, 0.3) is 5.56 Å². The normalized spacial score (nSPS) is 11.8. The molecule has 3 aromatic carbocycles. The van der Waals surface area contributed by atoms with Crippen LogP contribution in [0.25, 0.3) is 27.8 Å². The Hall–Kier alpha value is -5.81. The summed E-state index contributed by atoms with van der Waals surface area (Å²) in [5, 5.41) is 13.3. The van der Waals surface area contributed by atoms with E-state index in [-0.39, 0.29) is 35.8 Å². The summed E-state index contributed by atoms with van der Waals surface area (Å²) in [6.45, 7) is 3.71. The Morgan fingerprint density at radius 3 is 2.57 bits per heavy atom. The van der Waals surface area contributed by atoms with E-state index in [1.54, 1.807) is 38.4 Å². The van der Waals surface area contributed by atoms with Crippen molar-refractivity contribution in [1.82, 2.24) is 14.5 Å². The topological polar surface area (TPSA) is 118 Å². The maximum atomic E-state index is 15.4. The third-order valence-corrected chi connectivity index (χ3v) is 7.54. The Labute approximate surface area is 268 Å². The number of carbonyl (C=O) groups is 1. The van der Waals surface area contributed by atoms with E-state index < -0.39 is 29.2 Å². The molecule has 0 aliphatic heterocycles. The number of hydrogen-bond donors (Lipinski definition) is 3. The number of carbonyl (C=O) groups excluding carboxylic acids is 1. The van der Waals surface area contributed by atoms with Crippen LogP contribution < -0.4 is 20.3 Å². The van der Waals surface area contributed by atoms with Crippen LogP contribution in [0.1, 0.15) is 31.1 Å². The monoisotopic (exact) mass is 636 g/mol. The molecule has 1 amide bonds. The van der Waals surface area contributed by atoms with E-state index in [9.17, 15) is 19.1 Å². The number of nitrogens with zero attached hydrogens (tertiary/aromatic N) is 2. The quantitative estimate of drug-likeness (QED) is 0.148. The number of aliphatic hydroxyl groups excluding tert-OH is 1. The fourth-order valence-corrected chi connectivity index (χ4v) is 5.27. The number of aromatic nitrogens is 3. The van der Waals surface area contributed by atoms with E-state index in [1.165, 1.54) is 47.2 Å². The Balaban J connectivity index is 1.23. The zero-order valence-electron chi connectivity index (χ0n) is 25.5. The van der Waals surface area contributed by atoms with Gasteiger partial charge >= 0.3 is 0 Å². The van der Waals surface area contributed by atoms with Crippen LogP contribution >= 0.6 is 0 Å². The highest BCUT2D eigenvalue weighted by Crippen LogP contribution is 2.38. The summed E-state index contributed by atoms with van der Waals surface area (Å²) in [5.41, 5.74) is 3.04. The van der Waals surface area contributed by atoms with Crippen molar-refractivity contribution in [2.75, 3.05) is 11.9 Å². The molecule has 0 aliphatic rings. The van der Waals surface area contributed by atoms with E-state index in [0.29, 0.717) is 22.5 Å². The third-order valence-electron chi connectivity index (χ3n) is 7.54. The van der Waals surface area contributed by atoms with Gasteiger partial charge < -0.3 is 24.9 Å². The Bertz CT molecular complexity index is 2140. The molecule has 6 aromatic rings. The lowest BCUT2D eigenvalue weighted by Gasteiger charge is -2.14. The number of aromatic amines is 1. The maximum Gasteiger partial charge on any atom is 0.262 e. The molecule has 3 heterocycles. The molecule has 0 saturated heterocycles. The van der Waals surface area contributed by atoms with Crippen molar-refractivity contribution in [1.29, 1.82) is 0 Å². The summed E-state index contributed by atoms with van der Waals surface area (Å²) in [7, 11) is 0. The second-order valence-corrected chi connectivity index (χ2v) is 10.8. The number of nitrogens with one attached hydrogen (secondary N) is 2. The molecule has 0 spiro atoms. The minimum absolute atomic E-state index is 0.0794. The standard InChI is InChI=1S/C36H30F2N4O5/c1-3-46-30-14-16-42(26-10-7-24(37)8-11-26)36(45)27(30)19-33(44)41-25-9-12-31(29(38)18-25)47-32-13-15-39-35-34(32)28(20-40-35)23-6-4-5-22(17-23)21(2)43/h4-18,20-21,43H,3,19H2,1-2H3,(H,39,40)(H,41,44). The number of hydrogen-bond acceptors (Lipinski definition) is 6. The fraction of sp³-hybridized carbons (Fsp3) is 0.139. The summed E-state index contributed by atoms with van der Waals surface area (Å²) in [6.07, 6.45) is 3.81. The number of ether oxygens (including phenoxy) is 2. The SMILES string of the molecule is CCOc1ccn(-c2ccc(F)cc2)c(=O)c1CC(=O)Nc1ccc(Oc2ccnc3[nH]cc(-c4cccc(C(C)O)c4)c23)c(F)c1. The first-order valence-electron chi connectivity index (χ1n) is 14.9. The second kappa shape index (κ2) is 13.3. The number of benzene rings is 3. The first-order chi connectivity index (χ1) is 22.7. The zero-order valence-corrected chi connectivity index (χ0v) is 25.5. The van der Waals surface area contributed by atoms with Gasteiger partial charge in [0.05, 0.1) is 30.1 Å². The van der Waals surface area contributed by atoms with E-state index >= 15 is 4.39 Å². The molecule has 1 atom stereocenters. The first kappa shape index (κ1) is 31.2. The van der Waals surface area contributed by atoms with Crippen molar-refractivity contribution < 1.29 is 28.2 Å². The number of fused-ring (bicyclic) bond motifs is 1. The van der Waals surface area contributed by atoms with E-state index in [1.807, 2.05) is 24.3 Å². The van der Waals surface area contributed by atoms with Gasteiger partial charge in [0, 0.05) is 41.6 Å². The zero-order chi connectivity index (χ0) is 33.1. The average Bonchev–Trinajstić information content (AvgIpc) is 3.50. The summed E-state index contributed by atoms with van der Waals surface area (Å²) >= 11 is 0. The number of halogens is 2. The van der Waals surface area contributed by atoms with Crippen molar-refractivity contribution in [2.45, 2.75) is 26.4 Å². The summed E-state index contributed by atoms with van der Waals surface area (Å²) in [4.78, 5) is 33.9. The van der Waals surface area contributed by atoms with Crippen molar-refractivity contribution >= 4 is 22.6 Å². The van der Waals surface area contributed by atoms with Crippen molar-refractivity contribution in [3.05, 3.63) is 131 Å². The molecule has 0 bridgehead atoms. The molecule has 9 nitrogen and oxygen atoms in total. The largest absolute Gasteiger partial charge is 0.493 e. The molecule has 238 valence electrons. The Kier molecular flexibility index (Phi) is 8.81. The minimum atomic E-state index is -0.727. The van der Waals surface area contributed by atoms with E-state index in [0.717, 1.165) is 22.8 Å². The molecular formula is C36H30F2N4O5. The predicted octanol–water partition coefficient (Wildman–Crippen LogP) is 7.08. The predicted molar refractivity (Wildman–Crippen MR) is 174 cm³/mol. The molecule has 0 aliphatic carbocycles. The van der Waals surface area contributed by atoms with Crippen molar-refractivity contribution in [3.63, 3.8) is 0 Å². The smallest absolute Gasteiger partial charge is 0.262 e. The van der Waals surface area contributed by atoms with Gasteiger partial charge in [0.1, 0.15) is 23.0 Å². The average molecular weight is 637 g/mol. The highest BCUT2D eigenvalue weighted by molar-refractivity contribution is 5.98. The van der Waals surface area contributed by atoms with Gasteiger partial charge in [-0.25, -0.2) is 13.8 Å². The van der Waals surface area contributed by atoms with Crippen LogP contribution in [0, 0.1) is 11.6 Å². The lowest BCUT2D eigenvalue weighted by molar-refractivity contribution is -0.115. The molecule has 11 heteroatoms. The molecule has 0 saturated carbocycles.